The predicted molar refractivity (Wildman–Crippen MR) is 80.0 cm³/mol. The van der Waals surface area contributed by atoms with Crippen LogP contribution in [0, 0.1) is 11.8 Å². The Hall–Kier alpha value is -0.120. The molecule has 18 heavy (non-hydrogen) atoms. The third kappa shape index (κ3) is 4.22. The first kappa shape index (κ1) is 15.9. The average Bonchev–Trinajstić information content (AvgIpc) is 2.70. The van der Waals surface area contributed by atoms with Crippen molar-refractivity contribution in [1.82, 2.24) is 15.1 Å². The summed E-state index contributed by atoms with van der Waals surface area (Å²) in [4.78, 5) is 5.06. The highest BCUT2D eigenvalue weighted by Crippen LogP contribution is 2.24. The Kier molecular flexibility index (Phi) is 6.61. The van der Waals surface area contributed by atoms with Crippen molar-refractivity contribution in [3.8, 4) is 0 Å². The summed E-state index contributed by atoms with van der Waals surface area (Å²) in [6.07, 6.45) is 1.23. The summed E-state index contributed by atoms with van der Waals surface area (Å²) in [5.41, 5.74) is 0. The van der Waals surface area contributed by atoms with E-state index in [-0.39, 0.29) is 0 Å². The molecular formula is C15H33N3. The molecule has 0 spiro atoms. The molecular weight excluding hydrogens is 222 g/mol. The van der Waals surface area contributed by atoms with Gasteiger partial charge in [-0.25, -0.2) is 0 Å². The molecule has 0 saturated carbocycles. The van der Waals surface area contributed by atoms with Crippen LogP contribution < -0.4 is 5.32 Å². The first-order valence-corrected chi connectivity index (χ1v) is 7.58. The number of nitrogens with one attached hydrogen (secondary N) is 1. The summed E-state index contributed by atoms with van der Waals surface area (Å²) in [6.45, 7) is 14.2. The van der Waals surface area contributed by atoms with E-state index in [0.717, 1.165) is 31.0 Å². The van der Waals surface area contributed by atoms with Crippen LogP contribution >= 0.6 is 0 Å². The van der Waals surface area contributed by atoms with Gasteiger partial charge in [0.2, 0.25) is 0 Å². The average molecular weight is 255 g/mol. The molecule has 1 heterocycles. The molecule has 4 atom stereocenters. The molecule has 1 aliphatic rings. The van der Waals surface area contributed by atoms with E-state index in [1.165, 1.54) is 19.5 Å². The van der Waals surface area contributed by atoms with Gasteiger partial charge in [-0.15, -0.1) is 0 Å². The molecule has 0 aromatic carbocycles. The maximum Gasteiger partial charge on any atom is 0.0254 e. The minimum atomic E-state index is 0.682. The van der Waals surface area contributed by atoms with E-state index in [4.69, 9.17) is 0 Å². The Morgan fingerprint density at radius 1 is 1.28 bits per heavy atom. The largest absolute Gasteiger partial charge is 0.316 e. The quantitative estimate of drug-likeness (QED) is 0.701. The van der Waals surface area contributed by atoms with Gasteiger partial charge in [0, 0.05) is 25.2 Å². The van der Waals surface area contributed by atoms with Crippen LogP contribution in [0.15, 0.2) is 0 Å². The molecule has 1 saturated heterocycles. The maximum atomic E-state index is 3.55. The van der Waals surface area contributed by atoms with E-state index >= 15 is 0 Å². The van der Waals surface area contributed by atoms with Gasteiger partial charge in [0.05, 0.1) is 0 Å². The Morgan fingerprint density at radius 2 is 1.94 bits per heavy atom. The van der Waals surface area contributed by atoms with E-state index < -0.39 is 0 Å². The van der Waals surface area contributed by atoms with Crippen molar-refractivity contribution >= 4 is 0 Å². The van der Waals surface area contributed by atoms with Crippen molar-refractivity contribution in [2.24, 2.45) is 11.8 Å². The van der Waals surface area contributed by atoms with E-state index in [9.17, 15) is 0 Å². The molecule has 0 aromatic rings. The van der Waals surface area contributed by atoms with Crippen molar-refractivity contribution < 1.29 is 0 Å². The van der Waals surface area contributed by atoms with E-state index in [0.29, 0.717) is 6.04 Å². The van der Waals surface area contributed by atoms with Crippen LogP contribution in [0.4, 0.5) is 0 Å². The number of hydrogen-bond donors (Lipinski definition) is 1. The zero-order valence-electron chi connectivity index (χ0n) is 13.2. The monoisotopic (exact) mass is 255 g/mol. The Morgan fingerprint density at radius 3 is 2.44 bits per heavy atom. The molecule has 0 aromatic heterocycles. The summed E-state index contributed by atoms with van der Waals surface area (Å²) in [5, 5.41) is 3.55. The highest BCUT2D eigenvalue weighted by atomic mass is 15.3. The zero-order valence-corrected chi connectivity index (χ0v) is 13.2. The van der Waals surface area contributed by atoms with Gasteiger partial charge in [0.1, 0.15) is 0 Å². The SMILES string of the molecule is CCCNCC(C)C(C)N1CC(C)C(N(C)C)C1. The highest BCUT2D eigenvalue weighted by Gasteiger charge is 2.34. The molecule has 0 aliphatic carbocycles. The summed E-state index contributed by atoms with van der Waals surface area (Å²) >= 11 is 0. The zero-order chi connectivity index (χ0) is 13.7. The van der Waals surface area contributed by atoms with Gasteiger partial charge in [-0.2, -0.15) is 0 Å². The van der Waals surface area contributed by atoms with E-state index in [2.05, 4.69) is 56.9 Å². The fraction of sp³-hybridized carbons (Fsp3) is 1.00. The molecule has 3 nitrogen and oxygen atoms in total. The van der Waals surface area contributed by atoms with Gasteiger partial charge in [-0.1, -0.05) is 20.8 Å². The van der Waals surface area contributed by atoms with Crippen molar-refractivity contribution in [1.29, 1.82) is 0 Å². The fourth-order valence-electron chi connectivity index (χ4n) is 3.03. The van der Waals surface area contributed by atoms with Crippen LogP contribution in [0.3, 0.4) is 0 Å². The molecule has 0 radical (unpaired) electrons. The summed E-state index contributed by atoms with van der Waals surface area (Å²) in [7, 11) is 4.42. The summed E-state index contributed by atoms with van der Waals surface area (Å²) < 4.78 is 0. The van der Waals surface area contributed by atoms with Crippen molar-refractivity contribution in [2.45, 2.75) is 46.2 Å². The lowest BCUT2D eigenvalue weighted by molar-refractivity contribution is 0.179. The van der Waals surface area contributed by atoms with Crippen molar-refractivity contribution in [3.05, 3.63) is 0 Å². The van der Waals surface area contributed by atoms with Crippen molar-refractivity contribution in [2.75, 3.05) is 40.3 Å². The molecule has 0 bridgehead atoms. The standard InChI is InChI=1S/C15H33N3/c1-7-8-16-9-12(2)14(4)18-10-13(3)15(11-18)17(5)6/h12-16H,7-11H2,1-6H3. The highest BCUT2D eigenvalue weighted by molar-refractivity contribution is 4.90. The molecule has 108 valence electrons. The van der Waals surface area contributed by atoms with Gasteiger partial charge in [0.25, 0.3) is 0 Å². The predicted octanol–water partition coefficient (Wildman–Crippen LogP) is 1.89. The Balaban J connectivity index is 2.40. The minimum Gasteiger partial charge on any atom is -0.316 e. The van der Waals surface area contributed by atoms with Gasteiger partial charge in [-0.05, 0) is 52.4 Å². The van der Waals surface area contributed by atoms with E-state index in [1.807, 2.05) is 0 Å². The van der Waals surface area contributed by atoms with Crippen LogP contribution in [-0.4, -0.2) is 62.2 Å². The fourth-order valence-corrected chi connectivity index (χ4v) is 3.03. The summed E-state index contributed by atoms with van der Waals surface area (Å²) in [5.74, 6) is 1.52. The van der Waals surface area contributed by atoms with E-state index in [1.54, 1.807) is 0 Å². The second-order valence-corrected chi connectivity index (χ2v) is 6.38. The molecule has 4 unspecified atom stereocenters. The van der Waals surface area contributed by atoms with Crippen LogP contribution in [0.1, 0.15) is 34.1 Å². The number of likely N-dealkylation sites (N-methyl/N-ethyl adjacent to an activating group) is 1. The van der Waals surface area contributed by atoms with Crippen LogP contribution in [0.2, 0.25) is 0 Å². The van der Waals surface area contributed by atoms with Gasteiger partial charge in [-0.3, -0.25) is 4.90 Å². The topological polar surface area (TPSA) is 18.5 Å². The minimum absolute atomic E-state index is 0.682. The lowest BCUT2D eigenvalue weighted by atomic mass is 10.0. The summed E-state index contributed by atoms with van der Waals surface area (Å²) in [6, 6.07) is 1.41. The lowest BCUT2D eigenvalue weighted by Gasteiger charge is -2.30. The molecule has 1 rings (SSSR count). The van der Waals surface area contributed by atoms with Gasteiger partial charge < -0.3 is 10.2 Å². The molecule has 1 N–H and O–H groups in total. The molecule has 1 aliphatic heterocycles. The van der Waals surface area contributed by atoms with Crippen LogP contribution in [-0.2, 0) is 0 Å². The second kappa shape index (κ2) is 7.46. The smallest absolute Gasteiger partial charge is 0.0254 e. The molecule has 3 heteroatoms. The number of rotatable bonds is 7. The normalized spacial score (nSPS) is 28.8. The number of nitrogens with zero attached hydrogens (tertiary/aromatic N) is 2. The Labute approximate surface area is 114 Å². The number of likely N-dealkylation sites (tertiary alicyclic amines) is 1. The first-order valence-electron chi connectivity index (χ1n) is 7.58. The first-order chi connectivity index (χ1) is 8.47. The van der Waals surface area contributed by atoms with Gasteiger partial charge >= 0.3 is 0 Å². The third-order valence-corrected chi connectivity index (χ3v) is 4.56. The van der Waals surface area contributed by atoms with Crippen LogP contribution in [0.25, 0.3) is 0 Å². The lowest BCUT2D eigenvalue weighted by Crippen LogP contribution is -2.41. The van der Waals surface area contributed by atoms with Gasteiger partial charge in [0.15, 0.2) is 0 Å². The second-order valence-electron chi connectivity index (χ2n) is 6.38. The van der Waals surface area contributed by atoms with Crippen LogP contribution in [0.5, 0.6) is 0 Å². The van der Waals surface area contributed by atoms with Crippen molar-refractivity contribution in [3.63, 3.8) is 0 Å². The Bertz CT molecular complexity index is 230. The maximum absolute atomic E-state index is 3.55. The molecule has 0 amide bonds. The number of hydrogen-bond acceptors (Lipinski definition) is 3. The molecule has 1 fully saturated rings. The third-order valence-electron chi connectivity index (χ3n) is 4.56.